The Balaban J connectivity index is 1.92. The van der Waals surface area contributed by atoms with Crippen molar-refractivity contribution in [2.75, 3.05) is 31.6 Å². The highest BCUT2D eigenvalue weighted by Gasteiger charge is 2.35. The molecule has 2 fully saturated rings. The highest BCUT2D eigenvalue weighted by Crippen LogP contribution is 2.41. The van der Waals surface area contributed by atoms with Crippen molar-refractivity contribution in [2.45, 2.75) is 31.1 Å². The molecule has 0 radical (unpaired) electrons. The molecule has 3 rings (SSSR count). The molecule has 2 aliphatic rings. The molecule has 1 aromatic carbocycles. The molecule has 0 spiro atoms. The van der Waals surface area contributed by atoms with Crippen LogP contribution in [0.1, 0.15) is 31.2 Å². The van der Waals surface area contributed by atoms with Crippen molar-refractivity contribution >= 4 is 11.7 Å². The summed E-state index contributed by atoms with van der Waals surface area (Å²) in [4.78, 5) is 15.7. The van der Waals surface area contributed by atoms with Gasteiger partial charge in [-0.15, -0.1) is 0 Å². The van der Waals surface area contributed by atoms with Gasteiger partial charge in [0.25, 0.3) is 0 Å². The molecule has 1 aliphatic heterocycles. The van der Waals surface area contributed by atoms with Gasteiger partial charge in [0.15, 0.2) is 0 Å². The first-order valence-corrected chi connectivity index (χ1v) is 7.49. The smallest absolute Gasteiger partial charge is 0.324 e. The van der Waals surface area contributed by atoms with E-state index in [0.29, 0.717) is 6.54 Å². The van der Waals surface area contributed by atoms with Crippen LogP contribution in [0.25, 0.3) is 0 Å². The maximum absolute atomic E-state index is 12.1. The van der Waals surface area contributed by atoms with Gasteiger partial charge in [-0.05, 0) is 30.5 Å². The topological polar surface area (TPSA) is 49.6 Å². The van der Waals surface area contributed by atoms with E-state index in [1.807, 2.05) is 18.0 Å². The van der Waals surface area contributed by atoms with Crippen molar-refractivity contribution in [1.29, 1.82) is 0 Å². The molecular formula is C16H23N3O. The van der Waals surface area contributed by atoms with Gasteiger partial charge in [-0.1, -0.05) is 25.0 Å². The zero-order valence-electron chi connectivity index (χ0n) is 12.1. The van der Waals surface area contributed by atoms with Crippen molar-refractivity contribution in [3.63, 3.8) is 0 Å². The maximum Gasteiger partial charge on any atom is 0.324 e. The minimum Gasteiger partial charge on any atom is -0.330 e. The number of rotatable bonds is 3. The number of urea groups is 1. The largest absolute Gasteiger partial charge is 0.330 e. The minimum atomic E-state index is 0.0929. The van der Waals surface area contributed by atoms with Crippen molar-refractivity contribution in [3.8, 4) is 0 Å². The van der Waals surface area contributed by atoms with Gasteiger partial charge in [-0.3, -0.25) is 4.90 Å². The molecular weight excluding hydrogens is 250 g/mol. The summed E-state index contributed by atoms with van der Waals surface area (Å²) in [5.41, 5.74) is 8.51. The Labute approximate surface area is 120 Å². The molecule has 2 amide bonds. The molecule has 108 valence electrons. The Hall–Kier alpha value is -1.55. The van der Waals surface area contributed by atoms with Gasteiger partial charge in [0.1, 0.15) is 0 Å². The van der Waals surface area contributed by atoms with E-state index in [2.05, 4.69) is 18.2 Å². The summed E-state index contributed by atoms with van der Waals surface area (Å²) in [7, 11) is 1.85. The second-order valence-corrected chi connectivity index (χ2v) is 6.10. The minimum absolute atomic E-state index is 0.0929. The van der Waals surface area contributed by atoms with Gasteiger partial charge in [0.05, 0.1) is 0 Å². The van der Waals surface area contributed by atoms with Gasteiger partial charge in [0.2, 0.25) is 0 Å². The first kappa shape index (κ1) is 13.4. The molecule has 1 aliphatic carbocycles. The predicted molar refractivity (Wildman–Crippen MR) is 81.0 cm³/mol. The van der Waals surface area contributed by atoms with Gasteiger partial charge in [-0.2, -0.15) is 0 Å². The van der Waals surface area contributed by atoms with Gasteiger partial charge in [-0.25, -0.2) is 4.79 Å². The second kappa shape index (κ2) is 5.09. The van der Waals surface area contributed by atoms with Crippen molar-refractivity contribution < 1.29 is 4.79 Å². The van der Waals surface area contributed by atoms with E-state index < -0.39 is 0 Å². The summed E-state index contributed by atoms with van der Waals surface area (Å²) >= 11 is 0. The number of likely N-dealkylation sites (N-methyl/N-ethyl adjacent to an activating group) is 1. The first-order valence-electron chi connectivity index (χ1n) is 7.49. The molecule has 0 bridgehead atoms. The number of benzene rings is 1. The molecule has 0 aromatic heterocycles. The molecule has 4 nitrogen and oxygen atoms in total. The fourth-order valence-electron chi connectivity index (χ4n) is 3.55. The molecule has 4 heteroatoms. The summed E-state index contributed by atoms with van der Waals surface area (Å²) in [5.74, 6) is 0. The van der Waals surface area contributed by atoms with Crippen molar-refractivity contribution in [1.82, 2.24) is 4.90 Å². The van der Waals surface area contributed by atoms with Crippen molar-refractivity contribution in [2.24, 2.45) is 5.73 Å². The van der Waals surface area contributed by atoms with Crippen LogP contribution in [-0.4, -0.2) is 37.6 Å². The van der Waals surface area contributed by atoms with E-state index in [4.69, 9.17) is 5.73 Å². The number of hydrogen-bond acceptors (Lipinski definition) is 2. The van der Waals surface area contributed by atoms with Crippen LogP contribution in [0.3, 0.4) is 0 Å². The van der Waals surface area contributed by atoms with E-state index in [1.54, 1.807) is 4.90 Å². The van der Waals surface area contributed by atoms with Crippen LogP contribution >= 0.6 is 0 Å². The van der Waals surface area contributed by atoms with Gasteiger partial charge >= 0.3 is 6.03 Å². The fraction of sp³-hybridized carbons (Fsp3) is 0.562. The number of nitrogens with two attached hydrogens (primary N) is 1. The average molecular weight is 273 g/mol. The lowest BCUT2D eigenvalue weighted by Gasteiger charge is -2.29. The summed E-state index contributed by atoms with van der Waals surface area (Å²) < 4.78 is 0. The second-order valence-electron chi connectivity index (χ2n) is 6.10. The number of hydrogen-bond donors (Lipinski definition) is 1. The Morgan fingerprint density at radius 2 is 2.00 bits per heavy atom. The molecule has 0 atom stereocenters. The molecule has 2 N–H and O–H groups in total. The third kappa shape index (κ3) is 2.08. The lowest BCUT2D eigenvalue weighted by atomic mass is 9.79. The van der Waals surface area contributed by atoms with E-state index in [1.165, 1.54) is 31.2 Å². The van der Waals surface area contributed by atoms with Crippen LogP contribution in [0.5, 0.6) is 0 Å². The zero-order chi connectivity index (χ0) is 14.2. The third-order valence-electron chi connectivity index (χ3n) is 4.94. The molecule has 20 heavy (non-hydrogen) atoms. The normalized spacial score (nSPS) is 21.8. The van der Waals surface area contributed by atoms with Crippen LogP contribution in [0.15, 0.2) is 24.3 Å². The molecule has 1 saturated heterocycles. The molecule has 1 aromatic rings. The summed E-state index contributed by atoms with van der Waals surface area (Å²) in [6, 6.07) is 8.53. The van der Waals surface area contributed by atoms with Gasteiger partial charge in [0, 0.05) is 37.8 Å². The SMILES string of the molecule is CN1CCN(c2cccc(C3(CN)CCCC3)c2)C1=O. The van der Waals surface area contributed by atoms with Crippen LogP contribution in [0.4, 0.5) is 10.5 Å². The fourth-order valence-corrected chi connectivity index (χ4v) is 3.55. The van der Waals surface area contributed by atoms with Crippen LogP contribution in [-0.2, 0) is 5.41 Å². The number of carbonyl (C=O) groups excluding carboxylic acids is 1. The van der Waals surface area contributed by atoms with E-state index in [-0.39, 0.29) is 11.4 Å². The maximum atomic E-state index is 12.1. The number of anilines is 1. The lowest BCUT2D eigenvalue weighted by Crippen LogP contribution is -2.33. The van der Waals surface area contributed by atoms with Crippen LogP contribution < -0.4 is 10.6 Å². The predicted octanol–water partition coefficient (Wildman–Crippen LogP) is 2.33. The van der Waals surface area contributed by atoms with E-state index >= 15 is 0 Å². The zero-order valence-corrected chi connectivity index (χ0v) is 12.1. The summed E-state index contributed by atoms with van der Waals surface area (Å²) in [5, 5.41) is 0. The quantitative estimate of drug-likeness (QED) is 0.919. The Morgan fingerprint density at radius 3 is 2.60 bits per heavy atom. The first-order chi connectivity index (χ1) is 9.66. The van der Waals surface area contributed by atoms with Crippen LogP contribution in [0.2, 0.25) is 0 Å². The summed E-state index contributed by atoms with van der Waals surface area (Å²) in [6.07, 6.45) is 4.85. The molecule has 1 heterocycles. The number of carbonyl (C=O) groups is 1. The standard InChI is InChI=1S/C16H23N3O/c1-18-9-10-19(15(18)20)14-6-4-5-13(11-14)16(12-17)7-2-3-8-16/h4-6,11H,2-3,7-10,12,17H2,1H3. The van der Waals surface area contributed by atoms with E-state index in [0.717, 1.165) is 18.8 Å². The van der Waals surface area contributed by atoms with Crippen molar-refractivity contribution in [3.05, 3.63) is 29.8 Å². The summed E-state index contributed by atoms with van der Waals surface area (Å²) in [6.45, 7) is 2.27. The highest BCUT2D eigenvalue weighted by atomic mass is 16.2. The Morgan fingerprint density at radius 1 is 1.25 bits per heavy atom. The number of nitrogens with zero attached hydrogens (tertiary/aromatic N) is 2. The lowest BCUT2D eigenvalue weighted by molar-refractivity contribution is 0.229. The monoisotopic (exact) mass is 273 g/mol. The highest BCUT2D eigenvalue weighted by molar-refractivity contribution is 5.94. The Kier molecular flexibility index (Phi) is 3.42. The van der Waals surface area contributed by atoms with Gasteiger partial charge < -0.3 is 10.6 Å². The van der Waals surface area contributed by atoms with Crippen LogP contribution in [0, 0.1) is 0 Å². The van der Waals surface area contributed by atoms with E-state index in [9.17, 15) is 4.79 Å². The molecule has 1 saturated carbocycles. The third-order valence-corrected chi connectivity index (χ3v) is 4.94. The number of amides is 2. The average Bonchev–Trinajstić information content (AvgIpc) is 3.08. The molecule has 0 unspecified atom stereocenters. The Bertz CT molecular complexity index is 508.